The van der Waals surface area contributed by atoms with Crippen LogP contribution in [0.5, 0.6) is 0 Å². The van der Waals surface area contributed by atoms with E-state index in [0.717, 1.165) is 6.21 Å². The highest BCUT2D eigenvalue weighted by Gasteiger charge is 2.12. The third-order valence-electron chi connectivity index (χ3n) is 2.26. The molecule has 0 heterocycles. The van der Waals surface area contributed by atoms with Crippen LogP contribution in [0.1, 0.15) is 16.8 Å². The average molecular weight is 231 g/mol. The monoisotopic (exact) mass is 231 g/mol. The molecule has 0 radical (unpaired) electrons. The molecule has 17 heavy (non-hydrogen) atoms. The van der Waals surface area contributed by atoms with Crippen LogP contribution in [0, 0.1) is 0 Å². The Kier molecular flexibility index (Phi) is 4.78. The van der Waals surface area contributed by atoms with Gasteiger partial charge in [-0.3, -0.25) is 9.59 Å². The van der Waals surface area contributed by atoms with Gasteiger partial charge in [-0.2, -0.15) is 4.79 Å². The molecule has 0 saturated carbocycles. The first-order chi connectivity index (χ1) is 8.15. The Hall–Kier alpha value is -2.26. The molecule has 1 aromatic carbocycles. The first-order valence-electron chi connectivity index (χ1n) is 5.16. The number of Topliss-reactive ketones (excluding diaryl/α,β-unsaturated/α-hetero) is 1. The van der Waals surface area contributed by atoms with E-state index in [0.29, 0.717) is 12.1 Å². The van der Waals surface area contributed by atoms with Crippen molar-refractivity contribution in [2.24, 2.45) is 0 Å². The quantitative estimate of drug-likeness (QED) is 0.431. The first kappa shape index (κ1) is 12.8. The number of nitrogens with zero attached hydrogens (tertiary/aromatic N) is 3. The fourth-order valence-corrected chi connectivity index (χ4v) is 1.31. The minimum atomic E-state index is -0.319. The van der Waals surface area contributed by atoms with E-state index in [1.165, 1.54) is 4.90 Å². The number of ketones is 1. The van der Waals surface area contributed by atoms with E-state index in [1.54, 1.807) is 31.3 Å². The number of carbonyl (C=O) groups is 2. The molecule has 0 aliphatic rings. The molecule has 0 aliphatic heterocycles. The molecular formula is C12H13N3O2. The van der Waals surface area contributed by atoms with Crippen molar-refractivity contribution in [3.63, 3.8) is 0 Å². The molecule has 0 saturated heterocycles. The maximum Gasteiger partial charge on any atom is 0.323 e. The SMILES string of the molecule is CN(CCC(=O)C=[N+]=[N-])C(=O)c1ccccc1. The van der Waals surface area contributed by atoms with E-state index in [2.05, 4.69) is 4.79 Å². The summed E-state index contributed by atoms with van der Waals surface area (Å²) in [7, 11) is 1.62. The maximum absolute atomic E-state index is 11.8. The van der Waals surface area contributed by atoms with Crippen LogP contribution in [0.25, 0.3) is 5.53 Å². The van der Waals surface area contributed by atoms with Gasteiger partial charge in [-0.05, 0) is 12.1 Å². The summed E-state index contributed by atoms with van der Waals surface area (Å²) in [5, 5.41) is 0. The highest BCUT2D eigenvalue weighted by Crippen LogP contribution is 2.03. The molecule has 1 amide bonds. The zero-order valence-corrected chi connectivity index (χ0v) is 9.54. The van der Waals surface area contributed by atoms with Crippen molar-refractivity contribution >= 4 is 17.9 Å². The van der Waals surface area contributed by atoms with Crippen LogP contribution in [-0.4, -0.2) is 41.2 Å². The van der Waals surface area contributed by atoms with E-state index in [9.17, 15) is 9.59 Å². The third kappa shape index (κ3) is 4.01. The lowest BCUT2D eigenvalue weighted by Gasteiger charge is -2.15. The number of benzene rings is 1. The lowest BCUT2D eigenvalue weighted by atomic mass is 10.2. The molecule has 0 aliphatic carbocycles. The lowest BCUT2D eigenvalue weighted by molar-refractivity contribution is -0.116. The Morgan fingerprint density at radius 1 is 1.35 bits per heavy atom. The molecule has 5 heteroatoms. The van der Waals surface area contributed by atoms with Gasteiger partial charge >= 0.3 is 6.21 Å². The van der Waals surface area contributed by atoms with Crippen LogP contribution in [0.2, 0.25) is 0 Å². The van der Waals surface area contributed by atoms with E-state index < -0.39 is 0 Å². The van der Waals surface area contributed by atoms with Gasteiger partial charge < -0.3 is 10.4 Å². The zero-order chi connectivity index (χ0) is 12.7. The van der Waals surface area contributed by atoms with Crippen molar-refractivity contribution in [2.45, 2.75) is 6.42 Å². The van der Waals surface area contributed by atoms with Gasteiger partial charge in [0.05, 0.1) is 0 Å². The second-order valence-electron chi connectivity index (χ2n) is 3.55. The average Bonchev–Trinajstić information content (AvgIpc) is 2.36. The van der Waals surface area contributed by atoms with Crippen LogP contribution in [0.4, 0.5) is 0 Å². The fraction of sp³-hybridized carbons (Fsp3) is 0.250. The maximum atomic E-state index is 11.8. The Bertz CT molecular complexity index is 450. The minimum absolute atomic E-state index is 0.138. The number of carbonyl (C=O) groups excluding carboxylic acids is 2. The number of hydrogen-bond donors (Lipinski definition) is 0. The molecule has 1 rings (SSSR count). The van der Waals surface area contributed by atoms with Gasteiger partial charge in [0.1, 0.15) is 0 Å². The van der Waals surface area contributed by atoms with Gasteiger partial charge in [0.15, 0.2) is 0 Å². The summed E-state index contributed by atoms with van der Waals surface area (Å²) in [6, 6.07) is 8.83. The molecule has 1 aromatic rings. The summed E-state index contributed by atoms with van der Waals surface area (Å²) in [6.45, 7) is 0.290. The number of amides is 1. The number of rotatable bonds is 5. The van der Waals surface area contributed by atoms with Crippen molar-refractivity contribution in [3.05, 3.63) is 41.4 Å². The van der Waals surface area contributed by atoms with Gasteiger partial charge in [-0.1, -0.05) is 18.2 Å². The molecule has 5 nitrogen and oxygen atoms in total. The van der Waals surface area contributed by atoms with E-state index in [-0.39, 0.29) is 18.1 Å². The van der Waals surface area contributed by atoms with Crippen LogP contribution >= 0.6 is 0 Å². The predicted octanol–water partition coefficient (Wildman–Crippen LogP) is 1.02. The summed E-state index contributed by atoms with van der Waals surface area (Å²) in [4.78, 5) is 27.0. The second kappa shape index (κ2) is 6.35. The molecule has 0 bridgehead atoms. The summed E-state index contributed by atoms with van der Waals surface area (Å²) in [6.07, 6.45) is 0.972. The highest BCUT2D eigenvalue weighted by molar-refractivity contribution is 6.25. The Morgan fingerprint density at radius 3 is 2.59 bits per heavy atom. The zero-order valence-electron chi connectivity index (χ0n) is 9.54. The normalized spacial score (nSPS) is 9.24. The van der Waals surface area contributed by atoms with Crippen molar-refractivity contribution < 1.29 is 14.4 Å². The summed E-state index contributed by atoms with van der Waals surface area (Å²) in [5.74, 6) is -0.459. The Labute approximate surface area is 99.3 Å². The Morgan fingerprint density at radius 2 is 2.00 bits per heavy atom. The highest BCUT2D eigenvalue weighted by atomic mass is 16.2. The van der Waals surface area contributed by atoms with Gasteiger partial charge in [0, 0.05) is 25.6 Å². The summed E-state index contributed by atoms with van der Waals surface area (Å²) in [5.41, 5.74) is 8.74. The standard InChI is InChI=1S/C12H13N3O2/c1-15(8-7-11(16)9-14-13)12(17)10-5-3-2-4-6-10/h2-6,9H,7-8H2,1H3. The fourth-order valence-electron chi connectivity index (χ4n) is 1.31. The van der Waals surface area contributed by atoms with E-state index in [4.69, 9.17) is 5.53 Å². The molecule has 0 unspecified atom stereocenters. The summed E-state index contributed by atoms with van der Waals surface area (Å²) >= 11 is 0. The second-order valence-corrected chi connectivity index (χ2v) is 3.55. The van der Waals surface area contributed by atoms with Gasteiger partial charge in [0.2, 0.25) is 5.78 Å². The van der Waals surface area contributed by atoms with Gasteiger partial charge in [-0.15, -0.1) is 0 Å². The van der Waals surface area contributed by atoms with Crippen molar-refractivity contribution in [1.29, 1.82) is 0 Å². The predicted molar refractivity (Wildman–Crippen MR) is 62.7 cm³/mol. The molecule has 0 fully saturated rings. The molecule has 0 aromatic heterocycles. The topological polar surface area (TPSA) is 73.8 Å². The number of hydrogen-bond acceptors (Lipinski definition) is 2. The minimum Gasteiger partial charge on any atom is -0.361 e. The van der Waals surface area contributed by atoms with E-state index >= 15 is 0 Å². The molecule has 88 valence electrons. The molecular weight excluding hydrogens is 218 g/mol. The third-order valence-corrected chi connectivity index (χ3v) is 2.26. The molecule has 0 atom stereocenters. The smallest absolute Gasteiger partial charge is 0.323 e. The van der Waals surface area contributed by atoms with Crippen molar-refractivity contribution in [1.82, 2.24) is 4.90 Å². The lowest BCUT2D eigenvalue weighted by Crippen LogP contribution is -2.29. The van der Waals surface area contributed by atoms with Crippen LogP contribution in [0.15, 0.2) is 30.3 Å². The van der Waals surface area contributed by atoms with Gasteiger partial charge in [-0.25, -0.2) is 0 Å². The molecule has 0 spiro atoms. The molecule has 0 N–H and O–H groups in total. The van der Waals surface area contributed by atoms with E-state index in [1.807, 2.05) is 6.07 Å². The first-order valence-corrected chi connectivity index (χ1v) is 5.16. The van der Waals surface area contributed by atoms with Crippen molar-refractivity contribution in [3.8, 4) is 0 Å². The largest absolute Gasteiger partial charge is 0.361 e. The van der Waals surface area contributed by atoms with Gasteiger partial charge in [0.25, 0.3) is 5.91 Å². The Balaban J connectivity index is 2.54. The van der Waals surface area contributed by atoms with Crippen LogP contribution < -0.4 is 0 Å². The van der Waals surface area contributed by atoms with Crippen LogP contribution in [-0.2, 0) is 4.79 Å². The van der Waals surface area contributed by atoms with Crippen molar-refractivity contribution in [2.75, 3.05) is 13.6 Å². The summed E-state index contributed by atoms with van der Waals surface area (Å²) < 4.78 is 0. The van der Waals surface area contributed by atoms with Crippen LogP contribution in [0.3, 0.4) is 0 Å².